The lowest BCUT2D eigenvalue weighted by atomic mass is 9.86. The van der Waals surface area contributed by atoms with Gasteiger partial charge in [0.15, 0.2) is 11.2 Å². The molecule has 1 aliphatic heterocycles. The highest BCUT2D eigenvalue weighted by molar-refractivity contribution is 8.13. The molecule has 0 aromatic rings. The van der Waals surface area contributed by atoms with E-state index >= 15 is 0 Å². The van der Waals surface area contributed by atoms with Gasteiger partial charge in [0.1, 0.15) is 6.61 Å². The maximum Gasteiger partial charge on any atom is 0.509 e. The number of aliphatic hydroxyl groups excluding tert-OH is 1. The number of rotatable bonds is 9. The first-order valence-corrected chi connectivity index (χ1v) is 9.32. The third-order valence-corrected chi connectivity index (χ3v) is 4.42. The van der Waals surface area contributed by atoms with Crippen molar-refractivity contribution >= 4 is 34.8 Å². The lowest BCUT2D eigenvalue weighted by Crippen LogP contribution is -2.52. The molecule has 0 spiro atoms. The van der Waals surface area contributed by atoms with Crippen LogP contribution < -0.4 is 10.6 Å². The van der Waals surface area contributed by atoms with E-state index in [4.69, 9.17) is 14.6 Å². The normalized spacial score (nSPS) is 19.7. The number of carbonyl (C=O) groups excluding carboxylic acids is 4. The van der Waals surface area contributed by atoms with Gasteiger partial charge < -0.3 is 25.2 Å². The zero-order valence-electron chi connectivity index (χ0n) is 15.2. The minimum Gasteiger partial charge on any atom is -0.434 e. The van der Waals surface area contributed by atoms with Crippen molar-refractivity contribution < 1.29 is 33.8 Å². The third-order valence-electron chi connectivity index (χ3n) is 3.52. The molecule has 0 aliphatic carbocycles. The van der Waals surface area contributed by atoms with E-state index in [0.717, 1.165) is 11.8 Å². The predicted octanol–water partition coefficient (Wildman–Crippen LogP) is 0.201. The van der Waals surface area contributed by atoms with E-state index in [1.807, 2.05) is 0 Å². The predicted molar refractivity (Wildman–Crippen MR) is 94.4 cm³/mol. The first-order valence-electron chi connectivity index (χ1n) is 8.33. The second kappa shape index (κ2) is 10.4. The standard InChI is InChI=1S/C16H26N2O7S/c1-10(19)8-12(21)26-7-6-17-11(20)4-5-18-14(22)13-16(2,3)9-24-15(23)25-13/h10,13,19H,4-9H2,1-3H3,(H,17,20)(H,18,22)/t10-,13+/m1/s1. The summed E-state index contributed by atoms with van der Waals surface area (Å²) in [7, 11) is 0. The number of thioether (sulfide) groups is 1. The van der Waals surface area contributed by atoms with E-state index in [2.05, 4.69) is 10.6 Å². The molecule has 1 heterocycles. The summed E-state index contributed by atoms with van der Waals surface area (Å²) in [6, 6.07) is 0. The lowest BCUT2D eigenvalue weighted by Gasteiger charge is -2.35. The van der Waals surface area contributed by atoms with E-state index in [0.29, 0.717) is 12.3 Å². The molecule has 0 aromatic carbocycles. The van der Waals surface area contributed by atoms with E-state index in [-0.39, 0.29) is 37.0 Å². The number of carbonyl (C=O) groups is 4. The summed E-state index contributed by atoms with van der Waals surface area (Å²) in [5, 5.41) is 14.2. The third kappa shape index (κ3) is 8.05. The van der Waals surface area contributed by atoms with E-state index in [1.165, 1.54) is 6.92 Å². The van der Waals surface area contributed by atoms with E-state index in [1.54, 1.807) is 13.8 Å². The summed E-state index contributed by atoms with van der Waals surface area (Å²) < 4.78 is 9.69. The van der Waals surface area contributed by atoms with E-state index < -0.39 is 29.7 Å². The van der Waals surface area contributed by atoms with Crippen LogP contribution >= 0.6 is 11.8 Å². The van der Waals surface area contributed by atoms with Gasteiger partial charge in [0.2, 0.25) is 5.91 Å². The lowest BCUT2D eigenvalue weighted by molar-refractivity contribution is -0.149. The molecule has 3 N–H and O–H groups in total. The first kappa shape index (κ1) is 22.2. The van der Waals surface area contributed by atoms with Crippen LogP contribution in [-0.2, 0) is 23.9 Å². The Kier molecular flexibility index (Phi) is 8.86. The largest absolute Gasteiger partial charge is 0.509 e. The summed E-state index contributed by atoms with van der Waals surface area (Å²) in [6.45, 7) is 5.52. The van der Waals surface area contributed by atoms with Gasteiger partial charge in [-0.15, -0.1) is 0 Å². The van der Waals surface area contributed by atoms with Crippen LogP contribution in [0.4, 0.5) is 4.79 Å². The molecule has 2 atom stereocenters. The number of hydrogen-bond acceptors (Lipinski definition) is 8. The molecule has 0 radical (unpaired) electrons. The Morgan fingerprint density at radius 1 is 1.31 bits per heavy atom. The molecule has 0 aromatic heterocycles. The number of nitrogens with one attached hydrogen (secondary N) is 2. The zero-order chi connectivity index (χ0) is 19.7. The van der Waals surface area contributed by atoms with Gasteiger partial charge in [-0.3, -0.25) is 14.4 Å². The van der Waals surface area contributed by atoms with Crippen LogP contribution in [0.5, 0.6) is 0 Å². The summed E-state index contributed by atoms with van der Waals surface area (Å²) in [5.74, 6) is -0.327. The van der Waals surface area contributed by atoms with Gasteiger partial charge in [-0.25, -0.2) is 4.79 Å². The van der Waals surface area contributed by atoms with Crippen molar-refractivity contribution in [2.24, 2.45) is 5.41 Å². The van der Waals surface area contributed by atoms with Crippen molar-refractivity contribution in [2.75, 3.05) is 25.4 Å². The SMILES string of the molecule is C[C@@H](O)CC(=O)SCCNC(=O)CCNC(=O)[C@@H]1OC(=O)OCC1(C)C. The van der Waals surface area contributed by atoms with Crippen molar-refractivity contribution in [3.8, 4) is 0 Å². The average molecular weight is 390 g/mol. The summed E-state index contributed by atoms with van der Waals surface area (Å²) in [6.07, 6.45) is -2.38. The number of cyclic esters (lactones) is 2. The fourth-order valence-corrected chi connectivity index (χ4v) is 2.95. The second-order valence-electron chi connectivity index (χ2n) is 6.69. The number of ether oxygens (including phenoxy) is 2. The van der Waals surface area contributed by atoms with Crippen LogP contribution in [0.2, 0.25) is 0 Å². The number of amides is 2. The molecule has 1 rings (SSSR count). The van der Waals surface area contributed by atoms with Crippen molar-refractivity contribution in [3.63, 3.8) is 0 Å². The molecule has 1 fully saturated rings. The van der Waals surface area contributed by atoms with Crippen molar-refractivity contribution in [1.82, 2.24) is 10.6 Å². The Labute approximate surface area is 156 Å². The van der Waals surface area contributed by atoms with Crippen LogP contribution in [-0.4, -0.2) is 65.8 Å². The fraction of sp³-hybridized carbons (Fsp3) is 0.750. The molecule has 2 amide bonds. The molecular formula is C16H26N2O7S. The van der Waals surface area contributed by atoms with Gasteiger partial charge in [-0.1, -0.05) is 25.6 Å². The molecule has 0 bridgehead atoms. The molecule has 0 saturated carbocycles. The minimum absolute atomic E-state index is 0.0651. The van der Waals surface area contributed by atoms with Crippen molar-refractivity contribution in [1.29, 1.82) is 0 Å². The van der Waals surface area contributed by atoms with E-state index in [9.17, 15) is 19.2 Å². The van der Waals surface area contributed by atoms with Crippen molar-refractivity contribution in [2.45, 2.75) is 45.8 Å². The van der Waals surface area contributed by atoms with Gasteiger partial charge in [-0.05, 0) is 6.92 Å². The minimum atomic E-state index is -0.969. The molecule has 26 heavy (non-hydrogen) atoms. The van der Waals surface area contributed by atoms with Crippen LogP contribution in [0.3, 0.4) is 0 Å². The Morgan fingerprint density at radius 3 is 2.65 bits per heavy atom. The molecule has 0 unspecified atom stereocenters. The van der Waals surface area contributed by atoms with Gasteiger partial charge in [0.05, 0.1) is 6.10 Å². The van der Waals surface area contributed by atoms with Gasteiger partial charge >= 0.3 is 6.16 Å². The molecular weight excluding hydrogens is 364 g/mol. The maximum absolute atomic E-state index is 12.1. The molecule has 1 aliphatic rings. The summed E-state index contributed by atoms with van der Waals surface area (Å²) >= 11 is 1.05. The molecule has 148 valence electrons. The Morgan fingerprint density at radius 2 is 2.00 bits per heavy atom. The summed E-state index contributed by atoms with van der Waals surface area (Å²) in [4.78, 5) is 46.4. The number of hydrogen-bond donors (Lipinski definition) is 3. The monoisotopic (exact) mass is 390 g/mol. The second-order valence-corrected chi connectivity index (χ2v) is 7.84. The first-order chi connectivity index (χ1) is 12.1. The van der Waals surface area contributed by atoms with Crippen LogP contribution in [0.1, 0.15) is 33.6 Å². The fourth-order valence-electron chi connectivity index (χ4n) is 2.15. The Balaban J connectivity index is 2.20. The smallest absolute Gasteiger partial charge is 0.434 e. The highest BCUT2D eigenvalue weighted by atomic mass is 32.2. The van der Waals surface area contributed by atoms with Gasteiger partial charge in [0, 0.05) is 37.1 Å². The van der Waals surface area contributed by atoms with Gasteiger partial charge in [-0.2, -0.15) is 0 Å². The van der Waals surface area contributed by atoms with Crippen LogP contribution in [0, 0.1) is 5.41 Å². The quantitative estimate of drug-likeness (QED) is 0.376. The highest BCUT2D eigenvalue weighted by Crippen LogP contribution is 2.28. The summed E-state index contributed by atoms with van der Waals surface area (Å²) in [5.41, 5.74) is -0.657. The highest BCUT2D eigenvalue weighted by Gasteiger charge is 2.43. The Hall–Kier alpha value is -1.81. The molecule has 1 saturated heterocycles. The topological polar surface area (TPSA) is 131 Å². The number of aliphatic hydroxyl groups is 1. The van der Waals surface area contributed by atoms with Crippen LogP contribution in [0.15, 0.2) is 0 Å². The van der Waals surface area contributed by atoms with Gasteiger partial charge in [0.25, 0.3) is 5.91 Å². The van der Waals surface area contributed by atoms with Crippen molar-refractivity contribution in [3.05, 3.63) is 0 Å². The zero-order valence-corrected chi connectivity index (χ0v) is 16.0. The average Bonchev–Trinajstić information content (AvgIpc) is 2.53. The maximum atomic E-state index is 12.1. The molecule has 9 nitrogen and oxygen atoms in total. The van der Waals surface area contributed by atoms with Crippen LogP contribution in [0.25, 0.3) is 0 Å². The Bertz CT molecular complexity index is 537. The molecule has 10 heteroatoms.